The van der Waals surface area contributed by atoms with E-state index in [0.717, 1.165) is 5.56 Å². The number of rotatable bonds is 5. The van der Waals surface area contributed by atoms with Gasteiger partial charge in [0.05, 0.1) is 6.61 Å². The zero-order chi connectivity index (χ0) is 12.7. The zero-order valence-electron chi connectivity index (χ0n) is 8.96. The third-order valence-corrected chi connectivity index (χ3v) is 1.99. The van der Waals surface area contributed by atoms with Crippen molar-refractivity contribution in [2.75, 3.05) is 6.61 Å². The molecule has 0 saturated carbocycles. The number of carboxylic acid groups (broad SMARTS) is 1. The second-order valence-corrected chi connectivity index (χ2v) is 3.26. The third-order valence-electron chi connectivity index (χ3n) is 1.99. The van der Waals surface area contributed by atoms with E-state index in [1.165, 1.54) is 0 Å². The molecular formula is C10H13N3O4. The SMILES string of the molecule is O=C(NCc1ccncc1)N[C@H](CO)C(=O)O. The summed E-state index contributed by atoms with van der Waals surface area (Å²) < 4.78 is 0. The van der Waals surface area contributed by atoms with Crippen LogP contribution < -0.4 is 10.6 Å². The van der Waals surface area contributed by atoms with Crippen LogP contribution in [-0.4, -0.2) is 39.8 Å². The van der Waals surface area contributed by atoms with Crippen molar-refractivity contribution in [1.82, 2.24) is 15.6 Å². The molecule has 7 heteroatoms. The first-order chi connectivity index (χ1) is 8.13. The minimum absolute atomic E-state index is 0.256. The van der Waals surface area contributed by atoms with Crippen LogP contribution >= 0.6 is 0 Å². The summed E-state index contributed by atoms with van der Waals surface area (Å²) in [6.07, 6.45) is 3.17. The van der Waals surface area contributed by atoms with Crippen LogP contribution in [0.25, 0.3) is 0 Å². The van der Waals surface area contributed by atoms with Gasteiger partial charge in [-0.2, -0.15) is 0 Å². The molecular weight excluding hydrogens is 226 g/mol. The number of carboxylic acids is 1. The molecule has 0 fully saturated rings. The molecule has 0 aliphatic heterocycles. The number of aliphatic carboxylic acids is 1. The van der Waals surface area contributed by atoms with E-state index in [0.29, 0.717) is 0 Å². The van der Waals surface area contributed by atoms with E-state index < -0.39 is 24.6 Å². The molecule has 1 rings (SSSR count). The number of aromatic nitrogens is 1. The average molecular weight is 239 g/mol. The van der Waals surface area contributed by atoms with Gasteiger partial charge in [-0.25, -0.2) is 9.59 Å². The Morgan fingerprint density at radius 1 is 1.35 bits per heavy atom. The molecule has 0 radical (unpaired) electrons. The average Bonchev–Trinajstić information content (AvgIpc) is 2.34. The Balaban J connectivity index is 2.37. The van der Waals surface area contributed by atoms with E-state index in [9.17, 15) is 9.59 Å². The number of aliphatic hydroxyl groups excluding tert-OH is 1. The number of carbonyl (C=O) groups is 2. The smallest absolute Gasteiger partial charge is 0.328 e. The van der Waals surface area contributed by atoms with Crippen molar-refractivity contribution in [3.63, 3.8) is 0 Å². The Morgan fingerprint density at radius 2 is 2.00 bits per heavy atom. The Hall–Kier alpha value is -2.15. The van der Waals surface area contributed by atoms with E-state index in [1.807, 2.05) is 0 Å². The molecule has 0 unspecified atom stereocenters. The molecule has 2 amide bonds. The van der Waals surface area contributed by atoms with E-state index in [1.54, 1.807) is 24.5 Å². The number of nitrogens with zero attached hydrogens (tertiary/aromatic N) is 1. The van der Waals surface area contributed by atoms with E-state index in [-0.39, 0.29) is 6.54 Å². The van der Waals surface area contributed by atoms with Crippen LogP contribution in [0.15, 0.2) is 24.5 Å². The molecule has 17 heavy (non-hydrogen) atoms. The number of aliphatic hydroxyl groups is 1. The molecule has 0 bridgehead atoms. The fraction of sp³-hybridized carbons (Fsp3) is 0.300. The molecule has 0 aliphatic rings. The van der Waals surface area contributed by atoms with Crippen molar-refractivity contribution in [2.24, 2.45) is 0 Å². The summed E-state index contributed by atoms with van der Waals surface area (Å²) in [6, 6.07) is 1.50. The van der Waals surface area contributed by atoms with Crippen LogP contribution in [0.3, 0.4) is 0 Å². The molecule has 1 atom stereocenters. The maximum Gasteiger partial charge on any atom is 0.328 e. The summed E-state index contributed by atoms with van der Waals surface area (Å²) in [4.78, 5) is 25.6. The molecule has 1 heterocycles. The number of hydrogen-bond acceptors (Lipinski definition) is 4. The fourth-order valence-electron chi connectivity index (χ4n) is 1.08. The third kappa shape index (κ3) is 4.47. The monoisotopic (exact) mass is 239 g/mol. The van der Waals surface area contributed by atoms with Crippen LogP contribution in [0, 0.1) is 0 Å². The predicted octanol–water partition coefficient (Wildman–Crippen LogP) is -0.674. The first kappa shape index (κ1) is 12.9. The highest BCUT2D eigenvalue weighted by atomic mass is 16.4. The lowest BCUT2D eigenvalue weighted by atomic mass is 10.3. The van der Waals surface area contributed by atoms with Crippen LogP contribution in [-0.2, 0) is 11.3 Å². The van der Waals surface area contributed by atoms with Gasteiger partial charge >= 0.3 is 12.0 Å². The number of carbonyl (C=O) groups excluding carboxylic acids is 1. The quantitative estimate of drug-likeness (QED) is 0.544. The summed E-state index contributed by atoms with van der Waals surface area (Å²) >= 11 is 0. The van der Waals surface area contributed by atoms with Crippen molar-refractivity contribution in [2.45, 2.75) is 12.6 Å². The predicted molar refractivity (Wildman–Crippen MR) is 58.1 cm³/mol. The Morgan fingerprint density at radius 3 is 2.53 bits per heavy atom. The van der Waals surface area contributed by atoms with Gasteiger partial charge in [-0.1, -0.05) is 0 Å². The van der Waals surface area contributed by atoms with Crippen molar-refractivity contribution >= 4 is 12.0 Å². The standard InChI is InChI=1S/C10H13N3O4/c14-6-8(9(15)16)13-10(17)12-5-7-1-3-11-4-2-7/h1-4,8,14H,5-6H2,(H,15,16)(H2,12,13,17)/t8-/m1/s1. The first-order valence-corrected chi connectivity index (χ1v) is 4.90. The van der Waals surface area contributed by atoms with Gasteiger partial charge < -0.3 is 20.8 Å². The molecule has 0 aliphatic carbocycles. The molecule has 7 nitrogen and oxygen atoms in total. The minimum Gasteiger partial charge on any atom is -0.480 e. The summed E-state index contributed by atoms with van der Waals surface area (Å²) in [5, 5.41) is 21.9. The van der Waals surface area contributed by atoms with Gasteiger partial charge in [0.15, 0.2) is 6.04 Å². The molecule has 0 saturated heterocycles. The lowest BCUT2D eigenvalue weighted by Crippen LogP contribution is -2.47. The molecule has 1 aromatic heterocycles. The van der Waals surface area contributed by atoms with Crippen molar-refractivity contribution in [1.29, 1.82) is 0 Å². The molecule has 0 spiro atoms. The maximum atomic E-state index is 11.3. The van der Waals surface area contributed by atoms with Crippen molar-refractivity contribution in [3.8, 4) is 0 Å². The number of urea groups is 1. The van der Waals surface area contributed by atoms with Crippen molar-refractivity contribution in [3.05, 3.63) is 30.1 Å². The van der Waals surface area contributed by atoms with Gasteiger partial charge in [0.2, 0.25) is 0 Å². The van der Waals surface area contributed by atoms with Gasteiger partial charge in [-0.05, 0) is 17.7 Å². The number of amides is 2. The van der Waals surface area contributed by atoms with E-state index >= 15 is 0 Å². The summed E-state index contributed by atoms with van der Waals surface area (Å²) in [5.74, 6) is -1.29. The fourth-order valence-corrected chi connectivity index (χ4v) is 1.08. The lowest BCUT2D eigenvalue weighted by Gasteiger charge is -2.12. The van der Waals surface area contributed by atoms with Crippen LogP contribution in [0.5, 0.6) is 0 Å². The van der Waals surface area contributed by atoms with Crippen LogP contribution in [0.2, 0.25) is 0 Å². The minimum atomic E-state index is -1.30. The van der Waals surface area contributed by atoms with E-state index in [4.69, 9.17) is 10.2 Å². The number of hydrogen-bond donors (Lipinski definition) is 4. The normalized spacial score (nSPS) is 11.6. The lowest BCUT2D eigenvalue weighted by molar-refractivity contribution is -0.140. The highest BCUT2D eigenvalue weighted by molar-refractivity contribution is 5.82. The van der Waals surface area contributed by atoms with Gasteiger partial charge in [0, 0.05) is 18.9 Å². The van der Waals surface area contributed by atoms with Gasteiger partial charge in [-0.3, -0.25) is 4.98 Å². The second-order valence-electron chi connectivity index (χ2n) is 3.26. The van der Waals surface area contributed by atoms with Crippen LogP contribution in [0.1, 0.15) is 5.56 Å². The van der Waals surface area contributed by atoms with Gasteiger partial charge in [0.1, 0.15) is 0 Å². The van der Waals surface area contributed by atoms with Crippen molar-refractivity contribution < 1.29 is 19.8 Å². The maximum absolute atomic E-state index is 11.3. The summed E-state index contributed by atoms with van der Waals surface area (Å²) in [7, 11) is 0. The van der Waals surface area contributed by atoms with Gasteiger partial charge in [-0.15, -0.1) is 0 Å². The highest BCUT2D eigenvalue weighted by Crippen LogP contribution is 1.94. The molecule has 1 aromatic rings. The number of pyridine rings is 1. The summed E-state index contributed by atoms with van der Waals surface area (Å²) in [6.45, 7) is -0.399. The second kappa shape index (κ2) is 6.44. The Bertz CT molecular complexity index is 382. The van der Waals surface area contributed by atoms with Crippen LogP contribution in [0.4, 0.5) is 4.79 Å². The van der Waals surface area contributed by atoms with Gasteiger partial charge in [0.25, 0.3) is 0 Å². The number of nitrogens with one attached hydrogen (secondary N) is 2. The zero-order valence-corrected chi connectivity index (χ0v) is 8.96. The Kier molecular flexibility index (Phi) is 4.89. The largest absolute Gasteiger partial charge is 0.480 e. The highest BCUT2D eigenvalue weighted by Gasteiger charge is 2.18. The topological polar surface area (TPSA) is 112 Å². The molecule has 0 aromatic carbocycles. The van der Waals surface area contributed by atoms with E-state index in [2.05, 4.69) is 15.6 Å². The summed E-state index contributed by atoms with van der Waals surface area (Å²) in [5.41, 5.74) is 0.839. The first-order valence-electron chi connectivity index (χ1n) is 4.90. The molecule has 4 N–H and O–H groups in total. The molecule has 92 valence electrons. The Labute approximate surface area is 97.5 Å².